The second-order valence-corrected chi connectivity index (χ2v) is 8.77. The number of sulfone groups is 1. The summed E-state index contributed by atoms with van der Waals surface area (Å²) < 4.78 is 28.0. The van der Waals surface area contributed by atoms with Crippen LogP contribution >= 0.6 is 0 Å². The van der Waals surface area contributed by atoms with Crippen LogP contribution in [0.2, 0.25) is 0 Å². The molecule has 0 bridgehead atoms. The normalized spacial score (nSPS) is 11.0. The first-order chi connectivity index (χ1) is 13.6. The second kappa shape index (κ2) is 9.47. The van der Waals surface area contributed by atoms with Crippen LogP contribution in [0.4, 0.5) is 5.69 Å². The lowest BCUT2D eigenvalue weighted by atomic mass is 9.99. The predicted molar refractivity (Wildman–Crippen MR) is 109 cm³/mol. The molecule has 0 spiro atoms. The smallest absolute Gasteiger partial charge is 0.306 e. The first-order valence-corrected chi connectivity index (χ1v) is 10.8. The third-order valence-electron chi connectivity index (χ3n) is 4.16. The molecule has 0 saturated heterocycles. The number of rotatable bonds is 8. The molecule has 0 heterocycles. The van der Waals surface area contributed by atoms with Crippen molar-refractivity contribution in [1.29, 1.82) is 0 Å². The largest absolute Gasteiger partial charge is 0.456 e. The summed E-state index contributed by atoms with van der Waals surface area (Å²) in [6, 6.07) is 11.3. The average molecular weight is 417 g/mol. The van der Waals surface area contributed by atoms with Gasteiger partial charge in [0.1, 0.15) is 0 Å². The van der Waals surface area contributed by atoms with Crippen LogP contribution in [0.25, 0.3) is 0 Å². The van der Waals surface area contributed by atoms with Gasteiger partial charge < -0.3 is 10.1 Å². The van der Waals surface area contributed by atoms with E-state index in [1.54, 1.807) is 6.07 Å². The van der Waals surface area contributed by atoms with Gasteiger partial charge in [-0.1, -0.05) is 23.8 Å². The summed E-state index contributed by atoms with van der Waals surface area (Å²) in [5, 5.41) is 2.47. The lowest BCUT2D eigenvalue weighted by molar-refractivity contribution is -0.147. The summed E-state index contributed by atoms with van der Waals surface area (Å²) in [7, 11) is -3.40. The molecule has 7 nitrogen and oxygen atoms in total. The van der Waals surface area contributed by atoms with Crippen LogP contribution in [-0.2, 0) is 24.2 Å². The van der Waals surface area contributed by atoms with Gasteiger partial charge in [-0.15, -0.1) is 0 Å². The number of esters is 1. The maximum absolute atomic E-state index is 12.3. The molecule has 0 radical (unpaired) electrons. The van der Waals surface area contributed by atoms with Crippen LogP contribution in [0.5, 0.6) is 0 Å². The summed E-state index contributed by atoms with van der Waals surface area (Å²) in [5.41, 5.74) is 2.64. The zero-order valence-corrected chi connectivity index (χ0v) is 17.3. The average Bonchev–Trinajstić information content (AvgIpc) is 2.66. The van der Waals surface area contributed by atoms with Crippen LogP contribution < -0.4 is 5.32 Å². The van der Waals surface area contributed by atoms with Crippen LogP contribution in [0, 0.1) is 13.8 Å². The molecule has 0 saturated carbocycles. The van der Waals surface area contributed by atoms with Crippen LogP contribution in [0.3, 0.4) is 0 Å². The third kappa shape index (κ3) is 6.83. The molecule has 2 rings (SSSR count). The number of Topliss-reactive ketones (excluding diaryl/α,β-unsaturated/α-hetero) is 1. The van der Waals surface area contributed by atoms with E-state index in [1.165, 1.54) is 24.3 Å². The Hall–Kier alpha value is -3.00. The SMILES string of the molecule is Cc1ccc(C)c(C(=O)CCC(=O)OCC(=O)Nc2cccc(S(C)(=O)=O)c2)c1. The standard InChI is InChI=1S/C21H23NO6S/c1-14-7-8-15(2)18(11-14)19(23)9-10-21(25)28-13-20(24)22-16-5-4-6-17(12-16)29(3,26)27/h4-8,11-12H,9-10,13H2,1-3H3,(H,22,24). The molecule has 1 N–H and O–H groups in total. The van der Waals surface area contributed by atoms with Gasteiger partial charge in [-0.3, -0.25) is 14.4 Å². The Morgan fingerprint density at radius 3 is 2.41 bits per heavy atom. The minimum absolute atomic E-state index is 0.0127. The van der Waals surface area contributed by atoms with E-state index < -0.39 is 28.3 Å². The summed E-state index contributed by atoms with van der Waals surface area (Å²) in [6.45, 7) is 3.18. The summed E-state index contributed by atoms with van der Waals surface area (Å²) >= 11 is 0. The predicted octanol–water partition coefficient (Wildman–Crippen LogP) is 2.85. The Morgan fingerprint density at radius 2 is 1.72 bits per heavy atom. The van der Waals surface area contributed by atoms with Gasteiger partial charge in [-0.05, 0) is 43.7 Å². The van der Waals surface area contributed by atoms with Crippen molar-refractivity contribution in [3.05, 3.63) is 59.2 Å². The molecule has 2 aromatic carbocycles. The topological polar surface area (TPSA) is 107 Å². The van der Waals surface area contributed by atoms with Crippen LogP contribution in [-0.4, -0.2) is 38.9 Å². The minimum atomic E-state index is -3.40. The number of hydrogen-bond acceptors (Lipinski definition) is 6. The molecule has 1 amide bonds. The molecule has 0 atom stereocenters. The highest BCUT2D eigenvalue weighted by Crippen LogP contribution is 2.16. The zero-order chi connectivity index (χ0) is 21.6. The van der Waals surface area contributed by atoms with Gasteiger partial charge in [-0.2, -0.15) is 0 Å². The van der Waals surface area contributed by atoms with Crippen molar-refractivity contribution in [2.45, 2.75) is 31.6 Å². The Labute approximate surface area is 170 Å². The van der Waals surface area contributed by atoms with E-state index >= 15 is 0 Å². The fourth-order valence-electron chi connectivity index (χ4n) is 2.61. The van der Waals surface area contributed by atoms with Gasteiger partial charge in [-0.25, -0.2) is 8.42 Å². The lowest BCUT2D eigenvalue weighted by Crippen LogP contribution is -2.21. The van der Waals surface area contributed by atoms with Gasteiger partial charge in [0.25, 0.3) is 5.91 Å². The van der Waals surface area contributed by atoms with E-state index in [1.807, 2.05) is 26.0 Å². The Bertz CT molecular complexity index is 1040. The van der Waals surface area contributed by atoms with Crippen molar-refractivity contribution in [2.24, 2.45) is 0 Å². The fourth-order valence-corrected chi connectivity index (χ4v) is 3.27. The maximum Gasteiger partial charge on any atom is 0.306 e. The first-order valence-electron chi connectivity index (χ1n) is 8.92. The molecular weight excluding hydrogens is 394 g/mol. The molecule has 0 aromatic heterocycles. The minimum Gasteiger partial charge on any atom is -0.456 e. The highest BCUT2D eigenvalue weighted by atomic mass is 32.2. The molecule has 0 fully saturated rings. The van der Waals surface area contributed by atoms with Gasteiger partial charge in [0.2, 0.25) is 0 Å². The summed E-state index contributed by atoms with van der Waals surface area (Å²) in [4.78, 5) is 36.1. The molecule has 154 valence electrons. The number of amides is 1. The van der Waals surface area contributed by atoms with Gasteiger partial charge in [0, 0.05) is 23.9 Å². The molecule has 0 aliphatic carbocycles. The number of ketones is 1. The van der Waals surface area contributed by atoms with E-state index in [-0.39, 0.29) is 29.2 Å². The van der Waals surface area contributed by atoms with E-state index in [2.05, 4.69) is 5.32 Å². The van der Waals surface area contributed by atoms with Crippen molar-refractivity contribution in [3.63, 3.8) is 0 Å². The molecule has 29 heavy (non-hydrogen) atoms. The zero-order valence-electron chi connectivity index (χ0n) is 16.5. The van der Waals surface area contributed by atoms with Crippen molar-refractivity contribution < 1.29 is 27.5 Å². The van der Waals surface area contributed by atoms with Gasteiger partial charge in [0.15, 0.2) is 22.2 Å². The summed E-state index contributed by atoms with van der Waals surface area (Å²) in [5.74, 6) is -1.43. The maximum atomic E-state index is 12.3. The van der Waals surface area contributed by atoms with E-state index in [4.69, 9.17) is 4.74 Å². The molecule has 0 unspecified atom stereocenters. The van der Waals surface area contributed by atoms with Crippen LogP contribution in [0.1, 0.15) is 34.3 Å². The Kier molecular flexibility index (Phi) is 7.28. The van der Waals surface area contributed by atoms with Crippen molar-refractivity contribution in [1.82, 2.24) is 0 Å². The molecule has 2 aromatic rings. The molecular formula is C21H23NO6S. The quantitative estimate of drug-likeness (QED) is 0.523. The Balaban J connectivity index is 1.82. The first kappa shape index (κ1) is 22.3. The number of anilines is 1. The number of benzene rings is 2. The molecule has 8 heteroatoms. The highest BCUT2D eigenvalue weighted by Gasteiger charge is 2.14. The third-order valence-corrected chi connectivity index (χ3v) is 5.27. The lowest BCUT2D eigenvalue weighted by Gasteiger charge is -2.08. The molecule has 0 aliphatic rings. The number of aryl methyl sites for hydroxylation is 2. The van der Waals surface area contributed by atoms with Crippen molar-refractivity contribution >= 4 is 33.2 Å². The number of ether oxygens (including phenoxy) is 1. The number of hydrogen-bond donors (Lipinski definition) is 1. The van der Waals surface area contributed by atoms with Crippen LogP contribution in [0.15, 0.2) is 47.4 Å². The van der Waals surface area contributed by atoms with E-state index in [0.717, 1.165) is 17.4 Å². The molecule has 0 aliphatic heterocycles. The van der Waals surface area contributed by atoms with Crippen molar-refractivity contribution in [3.8, 4) is 0 Å². The van der Waals surface area contributed by atoms with Gasteiger partial charge in [0.05, 0.1) is 11.3 Å². The number of nitrogens with one attached hydrogen (secondary N) is 1. The summed E-state index contributed by atoms with van der Waals surface area (Å²) in [6.07, 6.45) is 0.916. The second-order valence-electron chi connectivity index (χ2n) is 6.75. The van der Waals surface area contributed by atoms with E-state index in [9.17, 15) is 22.8 Å². The van der Waals surface area contributed by atoms with Crippen molar-refractivity contribution in [2.75, 3.05) is 18.2 Å². The number of carbonyl (C=O) groups is 3. The monoisotopic (exact) mass is 417 g/mol. The highest BCUT2D eigenvalue weighted by molar-refractivity contribution is 7.90. The number of carbonyl (C=O) groups excluding carboxylic acids is 3. The van der Waals surface area contributed by atoms with Gasteiger partial charge >= 0.3 is 5.97 Å². The fraction of sp³-hybridized carbons (Fsp3) is 0.286. The van der Waals surface area contributed by atoms with E-state index in [0.29, 0.717) is 5.56 Å². The Morgan fingerprint density at radius 1 is 1.00 bits per heavy atom.